The molecular formula is C16H16BrN7. The number of aromatic nitrogens is 5. The van der Waals surface area contributed by atoms with Gasteiger partial charge in [-0.1, -0.05) is 6.07 Å². The Morgan fingerprint density at radius 3 is 3.00 bits per heavy atom. The van der Waals surface area contributed by atoms with Crippen molar-refractivity contribution in [3.8, 4) is 0 Å². The van der Waals surface area contributed by atoms with Crippen LogP contribution in [0.15, 0.2) is 41.3 Å². The fourth-order valence-corrected chi connectivity index (χ4v) is 2.64. The summed E-state index contributed by atoms with van der Waals surface area (Å²) in [5.74, 6) is 2.61. The van der Waals surface area contributed by atoms with Gasteiger partial charge < -0.3 is 10.6 Å². The lowest BCUT2D eigenvalue weighted by Crippen LogP contribution is -2.06. The number of hydrogen-bond donors (Lipinski definition) is 3. The standard InChI is InChI=1S/C16H16BrN7/c17-12-9-20-16(19-8-10-2-1-5-18-7-10)22-15(12)21-14-6-13(23-24-14)11-3-4-11/h1-2,5-7,9,11H,3-4,8H2,(H3,19,20,21,22,23,24). The minimum Gasteiger partial charge on any atom is -0.350 e. The minimum atomic E-state index is 0.544. The maximum atomic E-state index is 4.50. The van der Waals surface area contributed by atoms with Crippen LogP contribution in [0, 0.1) is 0 Å². The molecule has 0 aliphatic heterocycles. The van der Waals surface area contributed by atoms with Crippen LogP contribution in [-0.4, -0.2) is 25.1 Å². The van der Waals surface area contributed by atoms with Crippen LogP contribution in [0.3, 0.4) is 0 Å². The van der Waals surface area contributed by atoms with E-state index in [0.29, 0.717) is 24.2 Å². The molecule has 4 rings (SSSR count). The zero-order valence-electron chi connectivity index (χ0n) is 12.8. The summed E-state index contributed by atoms with van der Waals surface area (Å²) in [6.45, 7) is 0.614. The van der Waals surface area contributed by atoms with Gasteiger partial charge in [-0.25, -0.2) is 4.98 Å². The molecule has 3 heterocycles. The van der Waals surface area contributed by atoms with Gasteiger partial charge in [-0.2, -0.15) is 10.1 Å². The van der Waals surface area contributed by atoms with E-state index in [4.69, 9.17) is 0 Å². The van der Waals surface area contributed by atoms with Gasteiger partial charge in [0.05, 0.1) is 4.47 Å². The number of H-pyrrole nitrogens is 1. The molecule has 0 unspecified atom stereocenters. The van der Waals surface area contributed by atoms with Crippen LogP contribution in [0.5, 0.6) is 0 Å². The summed E-state index contributed by atoms with van der Waals surface area (Å²) >= 11 is 3.47. The predicted molar refractivity (Wildman–Crippen MR) is 95.1 cm³/mol. The summed E-state index contributed by atoms with van der Waals surface area (Å²) in [6.07, 6.45) is 7.76. The molecule has 8 heteroatoms. The van der Waals surface area contributed by atoms with E-state index in [-0.39, 0.29) is 0 Å². The second-order valence-electron chi connectivity index (χ2n) is 5.71. The van der Waals surface area contributed by atoms with Gasteiger partial charge in [-0.05, 0) is 40.4 Å². The third kappa shape index (κ3) is 3.53. The molecule has 0 saturated heterocycles. The second-order valence-corrected chi connectivity index (χ2v) is 6.57. The molecule has 3 aromatic rings. The average molecular weight is 386 g/mol. The monoisotopic (exact) mass is 385 g/mol. The van der Waals surface area contributed by atoms with Crippen LogP contribution in [-0.2, 0) is 6.54 Å². The summed E-state index contributed by atoms with van der Waals surface area (Å²) in [4.78, 5) is 12.9. The van der Waals surface area contributed by atoms with E-state index in [1.54, 1.807) is 12.4 Å². The molecule has 0 aromatic carbocycles. The molecule has 0 atom stereocenters. The molecule has 3 N–H and O–H groups in total. The number of halogens is 1. The zero-order valence-corrected chi connectivity index (χ0v) is 14.4. The highest BCUT2D eigenvalue weighted by molar-refractivity contribution is 9.10. The van der Waals surface area contributed by atoms with Crippen LogP contribution < -0.4 is 10.6 Å². The van der Waals surface area contributed by atoms with Crippen molar-refractivity contribution in [2.24, 2.45) is 0 Å². The number of nitrogens with zero attached hydrogens (tertiary/aromatic N) is 4. The van der Waals surface area contributed by atoms with Gasteiger partial charge in [0.1, 0.15) is 0 Å². The minimum absolute atomic E-state index is 0.544. The van der Waals surface area contributed by atoms with Crippen molar-refractivity contribution in [2.75, 3.05) is 10.6 Å². The molecule has 0 spiro atoms. The van der Waals surface area contributed by atoms with Gasteiger partial charge in [-0.3, -0.25) is 10.1 Å². The zero-order chi connectivity index (χ0) is 16.4. The molecule has 3 aromatic heterocycles. The number of hydrogen-bond acceptors (Lipinski definition) is 6. The molecule has 1 aliphatic rings. The van der Waals surface area contributed by atoms with Crippen LogP contribution in [0.1, 0.15) is 30.0 Å². The summed E-state index contributed by atoms with van der Waals surface area (Å²) in [6, 6.07) is 5.94. The average Bonchev–Trinajstić information content (AvgIpc) is 3.36. The van der Waals surface area contributed by atoms with Crippen molar-refractivity contribution < 1.29 is 0 Å². The van der Waals surface area contributed by atoms with E-state index in [9.17, 15) is 0 Å². The molecule has 0 amide bonds. The maximum absolute atomic E-state index is 4.50. The number of aromatic amines is 1. The molecule has 0 radical (unpaired) electrons. The molecule has 7 nitrogen and oxygen atoms in total. The van der Waals surface area contributed by atoms with Crippen molar-refractivity contribution in [1.29, 1.82) is 0 Å². The Bertz CT molecular complexity index is 829. The van der Waals surface area contributed by atoms with E-state index in [2.05, 4.69) is 51.7 Å². The molecule has 122 valence electrons. The van der Waals surface area contributed by atoms with Crippen molar-refractivity contribution >= 4 is 33.5 Å². The molecule has 0 bridgehead atoms. The van der Waals surface area contributed by atoms with Crippen molar-refractivity contribution in [3.05, 3.63) is 52.5 Å². The van der Waals surface area contributed by atoms with E-state index in [0.717, 1.165) is 15.9 Å². The molecule has 24 heavy (non-hydrogen) atoms. The first kappa shape index (κ1) is 15.1. The SMILES string of the molecule is Brc1cnc(NCc2cccnc2)nc1Nc1cc(C2CC2)[nH]n1. The lowest BCUT2D eigenvalue weighted by molar-refractivity contribution is 0.965. The fourth-order valence-electron chi connectivity index (χ4n) is 2.35. The third-order valence-electron chi connectivity index (χ3n) is 3.78. The highest BCUT2D eigenvalue weighted by Crippen LogP contribution is 2.39. The van der Waals surface area contributed by atoms with Crippen LogP contribution in [0.25, 0.3) is 0 Å². The lowest BCUT2D eigenvalue weighted by Gasteiger charge is -2.08. The lowest BCUT2D eigenvalue weighted by atomic mass is 10.3. The van der Waals surface area contributed by atoms with Gasteiger partial charge in [0.25, 0.3) is 0 Å². The summed E-state index contributed by atoms with van der Waals surface area (Å²) in [5, 5.41) is 13.8. The van der Waals surface area contributed by atoms with E-state index < -0.39 is 0 Å². The Kier molecular flexibility index (Phi) is 4.12. The molecule has 1 aliphatic carbocycles. The van der Waals surface area contributed by atoms with E-state index in [1.807, 2.05) is 24.4 Å². The Hall–Kier alpha value is -2.48. The van der Waals surface area contributed by atoms with Crippen molar-refractivity contribution in [2.45, 2.75) is 25.3 Å². The van der Waals surface area contributed by atoms with Gasteiger partial charge in [-0.15, -0.1) is 0 Å². The quantitative estimate of drug-likeness (QED) is 0.600. The Morgan fingerprint density at radius 2 is 2.21 bits per heavy atom. The second kappa shape index (κ2) is 6.56. The largest absolute Gasteiger partial charge is 0.350 e. The van der Waals surface area contributed by atoms with Gasteiger partial charge in [0.2, 0.25) is 5.95 Å². The topological polar surface area (TPSA) is 91.4 Å². The number of pyridine rings is 1. The summed E-state index contributed by atoms with van der Waals surface area (Å²) in [5.41, 5.74) is 2.25. The highest BCUT2D eigenvalue weighted by atomic mass is 79.9. The predicted octanol–water partition coefficient (Wildman–Crippen LogP) is 3.59. The summed E-state index contributed by atoms with van der Waals surface area (Å²) in [7, 11) is 0. The Balaban J connectivity index is 1.46. The molecule has 1 fully saturated rings. The Morgan fingerprint density at radius 1 is 1.29 bits per heavy atom. The number of rotatable bonds is 6. The number of nitrogens with one attached hydrogen (secondary N) is 3. The normalized spacial score (nSPS) is 13.7. The fraction of sp³-hybridized carbons (Fsp3) is 0.250. The first-order valence-electron chi connectivity index (χ1n) is 7.75. The first-order chi connectivity index (χ1) is 11.8. The van der Waals surface area contributed by atoms with Gasteiger partial charge in [0, 0.05) is 42.8 Å². The first-order valence-corrected chi connectivity index (χ1v) is 8.55. The van der Waals surface area contributed by atoms with E-state index in [1.165, 1.54) is 18.5 Å². The van der Waals surface area contributed by atoms with Crippen molar-refractivity contribution in [1.82, 2.24) is 25.1 Å². The van der Waals surface area contributed by atoms with E-state index >= 15 is 0 Å². The maximum Gasteiger partial charge on any atom is 0.224 e. The molecule has 1 saturated carbocycles. The van der Waals surface area contributed by atoms with Crippen LogP contribution >= 0.6 is 15.9 Å². The Labute approximate surface area is 147 Å². The van der Waals surface area contributed by atoms with Gasteiger partial charge in [0.15, 0.2) is 11.6 Å². The summed E-state index contributed by atoms with van der Waals surface area (Å²) < 4.78 is 0.783. The van der Waals surface area contributed by atoms with Crippen LogP contribution in [0.2, 0.25) is 0 Å². The third-order valence-corrected chi connectivity index (χ3v) is 4.36. The smallest absolute Gasteiger partial charge is 0.224 e. The van der Waals surface area contributed by atoms with Crippen molar-refractivity contribution in [3.63, 3.8) is 0 Å². The van der Waals surface area contributed by atoms with Crippen LogP contribution in [0.4, 0.5) is 17.6 Å². The number of anilines is 3. The highest BCUT2D eigenvalue weighted by Gasteiger charge is 2.25. The van der Waals surface area contributed by atoms with Gasteiger partial charge >= 0.3 is 0 Å². The molecular weight excluding hydrogens is 370 g/mol.